The molecule has 0 amide bonds. The molecule has 3 aliphatic rings. The van der Waals surface area contributed by atoms with E-state index in [0.717, 1.165) is 62.2 Å². The summed E-state index contributed by atoms with van der Waals surface area (Å²) < 4.78 is 8.59. The molecule has 3 unspecified atom stereocenters. The first-order valence-electron chi connectivity index (χ1n) is 14.1. The first kappa shape index (κ1) is 24.0. The number of hydrogen-bond acceptors (Lipinski definition) is 4. The smallest absolute Gasteiger partial charge is 0.263 e. The molecule has 8 rings (SSSR count). The van der Waals surface area contributed by atoms with Crippen molar-refractivity contribution in [2.75, 3.05) is 0 Å². The van der Waals surface area contributed by atoms with Crippen LogP contribution < -0.4 is 10.3 Å². The maximum absolute atomic E-state index is 14.7. The van der Waals surface area contributed by atoms with Gasteiger partial charge in [-0.05, 0) is 75.6 Å². The van der Waals surface area contributed by atoms with Gasteiger partial charge in [0, 0.05) is 38.6 Å². The fraction of sp³-hybridized carbons (Fsp3) is 0.257. The molecule has 198 valence electrons. The third-order valence-corrected chi connectivity index (χ3v) is 10.7. The van der Waals surface area contributed by atoms with Crippen LogP contribution in [0.5, 0.6) is 5.75 Å². The number of nitrogens with zero attached hydrogens (tertiary/aromatic N) is 2. The van der Waals surface area contributed by atoms with Gasteiger partial charge in [0.05, 0.1) is 16.6 Å². The molecule has 5 aromatic rings. The molecule has 4 nitrogen and oxygen atoms in total. The number of thioether (sulfide) groups is 1. The number of hydrogen-bond donors (Lipinski definition) is 0. The number of ether oxygens (including phenoxy) is 1. The van der Waals surface area contributed by atoms with Gasteiger partial charge in [-0.2, -0.15) is 0 Å². The second kappa shape index (κ2) is 8.34. The third-order valence-electron chi connectivity index (χ3n) is 9.28. The van der Waals surface area contributed by atoms with Crippen LogP contribution in [-0.4, -0.2) is 19.9 Å². The van der Waals surface area contributed by atoms with Crippen molar-refractivity contribution in [1.29, 1.82) is 0 Å². The molecule has 3 aromatic carbocycles. The number of aromatic nitrogens is 2. The maximum Gasteiger partial charge on any atom is 0.263 e. The second-order valence-corrected chi connectivity index (χ2v) is 13.6. The molecule has 0 N–H and O–H groups in total. The number of para-hydroxylation sites is 3. The summed E-state index contributed by atoms with van der Waals surface area (Å²) in [6.45, 7) is 6.75. The Morgan fingerprint density at radius 3 is 2.55 bits per heavy atom. The highest BCUT2D eigenvalue weighted by Gasteiger charge is 2.55. The summed E-state index contributed by atoms with van der Waals surface area (Å²) in [4.78, 5) is 19.8. The van der Waals surface area contributed by atoms with E-state index in [1.165, 1.54) is 5.57 Å². The fourth-order valence-corrected chi connectivity index (χ4v) is 8.65. The lowest BCUT2D eigenvalue weighted by Gasteiger charge is -2.53. The van der Waals surface area contributed by atoms with Crippen LogP contribution in [0.1, 0.15) is 50.7 Å². The average molecular weight is 543 g/mol. The molecule has 2 aliphatic heterocycles. The average Bonchev–Trinajstić information content (AvgIpc) is 2.95. The first-order valence-corrected chi connectivity index (χ1v) is 14.9. The Kier molecular flexibility index (Phi) is 5.01. The molecule has 40 heavy (non-hydrogen) atoms. The quantitative estimate of drug-likeness (QED) is 0.214. The van der Waals surface area contributed by atoms with Crippen molar-refractivity contribution < 1.29 is 4.74 Å². The number of fused-ring (bicyclic) bond motifs is 9. The number of rotatable bonds is 1. The van der Waals surface area contributed by atoms with Crippen molar-refractivity contribution >= 4 is 39.6 Å². The third kappa shape index (κ3) is 3.34. The van der Waals surface area contributed by atoms with Crippen LogP contribution in [0.4, 0.5) is 0 Å². The van der Waals surface area contributed by atoms with E-state index in [-0.39, 0.29) is 22.1 Å². The zero-order valence-corrected chi connectivity index (χ0v) is 23.7. The van der Waals surface area contributed by atoms with Gasteiger partial charge >= 0.3 is 0 Å². The van der Waals surface area contributed by atoms with Gasteiger partial charge < -0.3 is 4.74 Å². The predicted molar refractivity (Wildman–Crippen MR) is 164 cm³/mol. The Morgan fingerprint density at radius 1 is 0.950 bits per heavy atom. The van der Waals surface area contributed by atoms with Crippen molar-refractivity contribution in [2.24, 2.45) is 5.92 Å². The minimum atomic E-state index is -0.416. The monoisotopic (exact) mass is 542 g/mol. The van der Waals surface area contributed by atoms with Gasteiger partial charge in [-0.3, -0.25) is 9.36 Å². The van der Waals surface area contributed by atoms with Crippen LogP contribution >= 0.6 is 11.8 Å². The zero-order valence-electron chi connectivity index (χ0n) is 22.8. The topological polar surface area (TPSA) is 44.1 Å². The zero-order chi connectivity index (χ0) is 27.2. The molecule has 5 heteroatoms. The SMILES string of the molecule is CC12CCC3C(C1=Cc1cc4ccccc4nc1S2)c1c(c2ccccc2n(-c2ccccc2)c1=O)OC3(C)C. The van der Waals surface area contributed by atoms with E-state index in [1.807, 2.05) is 70.9 Å². The van der Waals surface area contributed by atoms with Crippen LogP contribution in [0.15, 0.2) is 100 Å². The molecule has 1 aliphatic carbocycles. The van der Waals surface area contributed by atoms with Crippen LogP contribution in [0, 0.1) is 5.92 Å². The van der Waals surface area contributed by atoms with E-state index in [9.17, 15) is 4.79 Å². The highest BCUT2D eigenvalue weighted by molar-refractivity contribution is 8.01. The first-order chi connectivity index (χ1) is 19.3. The highest BCUT2D eigenvalue weighted by atomic mass is 32.2. The molecule has 3 atom stereocenters. The van der Waals surface area contributed by atoms with E-state index >= 15 is 0 Å². The minimum Gasteiger partial charge on any atom is -0.486 e. The van der Waals surface area contributed by atoms with Crippen molar-refractivity contribution in [1.82, 2.24) is 9.55 Å². The molecule has 0 radical (unpaired) electrons. The summed E-state index contributed by atoms with van der Waals surface area (Å²) in [6.07, 6.45) is 4.36. The molecule has 4 heterocycles. The van der Waals surface area contributed by atoms with Gasteiger partial charge in [0.1, 0.15) is 16.4 Å². The van der Waals surface area contributed by atoms with E-state index < -0.39 is 5.60 Å². The van der Waals surface area contributed by atoms with Gasteiger partial charge in [-0.15, -0.1) is 0 Å². The van der Waals surface area contributed by atoms with E-state index in [1.54, 1.807) is 0 Å². The van der Waals surface area contributed by atoms with Crippen LogP contribution in [-0.2, 0) is 0 Å². The summed E-state index contributed by atoms with van der Waals surface area (Å²) in [5.74, 6) is 0.890. The lowest BCUT2D eigenvalue weighted by Crippen LogP contribution is -2.52. The highest BCUT2D eigenvalue weighted by Crippen LogP contribution is 2.62. The maximum atomic E-state index is 14.7. The van der Waals surface area contributed by atoms with Crippen molar-refractivity contribution in [3.05, 3.63) is 112 Å². The largest absolute Gasteiger partial charge is 0.486 e. The minimum absolute atomic E-state index is 0.0167. The molecule has 2 aromatic heterocycles. The Labute approximate surface area is 237 Å². The molecular formula is C35H30N2O2S. The molecular weight excluding hydrogens is 512 g/mol. The lowest BCUT2D eigenvalue weighted by molar-refractivity contribution is 0.00368. The number of pyridine rings is 2. The predicted octanol–water partition coefficient (Wildman–Crippen LogP) is 8.15. The normalized spacial score (nSPS) is 24.3. The standard InChI is InChI=1S/C35H30N2O2S/c1-34(2)25-17-18-35(3)26(20-22-19-21-11-7-9-15-27(21)36-32(22)40-35)29(25)30-31(39-34)24-14-8-10-16-28(24)37(33(30)38)23-12-5-4-6-13-23/h4-16,19-20,25,29H,17-18H2,1-3H3. The van der Waals surface area contributed by atoms with E-state index in [0.29, 0.717) is 0 Å². The van der Waals surface area contributed by atoms with Crippen LogP contribution in [0.25, 0.3) is 33.6 Å². The van der Waals surface area contributed by atoms with Gasteiger partial charge in [0.25, 0.3) is 5.56 Å². The fourth-order valence-electron chi connectivity index (χ4n) is 7.32. The number of benzene rings is 3. The Hall–Kier alpha value is -3.83. The summed E-state index contributed by atoms with van der Waals surface area (Å²) in [5.41, 5.74) is 5.63. The van der Waals surface area contributed by atoms with E-state index in [2.05, 4.69) is 57.2 Å². The Morgan fingerprint density at radius 2 is 1.70 bits per heavy atom. The molecule has 1 fully saturated rings. The van der Waals surface area contributed by atoms with Crippen molar-refractivity contribution in [2.45, 2.75) is 54.9 Å². The Bertz CT molecular complexity index is 1940. The van der Waals surface area contributed by atoms with Gasteiger partial charge in [-0.25, -0.2) is 4.98 Å². The summed E-state index contributed by atoms with van der Waals surface area (Å²) in [7, 11) is 0. The Balaban J connectivity index is 1.44. The molecule has 0 spiro atoms. The summed E-state index contributed by atoms with van der Waals surface area (Å²) in [6, 6.07) is 28.7. The van der Waals surface area contributed by atoms with Crippen molar-refractivity contribution in [3.8, 4) is 11.4 Å². The van der Waals surface area contributed by atoms with Gasteiger partial charge in [0.2, 0.25) is 0 Å². The lowest BCUT2D eigenvalue weighted by atomic mass is 9.61. The van der Waals surface area contributed by atoms with Crippen molar-refractivity contribution in [3.63, 3.8) is 0 Å². The van der Waals surface area contributed by atoms with Gasteiger partial charge in [-0.1, -0.05) is 66.4 Å². The van der Waals surface area contributed by atoms with Crippen LogP contribution in [0.2, 0.25) is 0 Å². The summed E-state index contributed by atoms with van der Waals surface area (Å²) >= 11 is 1.87. The van der Waals surface area contributed by atoms with E-state index in [4.69, 9.17) is 9.72 Å². The second-order valence-electron chi connectivity index (χ2n) is 12.1. The molecule has 0 bridgehead atoms. The molecule has 1 saturated carbocycles. The summed E-state index contributed by atoms with van der Waals surface area (Å²) in [5, 5.41) is 3.20. The van der Waals surface area contributed by atoms with Gasteiger partial charge in [0.15, 0.2) is 0 Å². The van der Waals surface area contributed by atoms with Crippen LogP contribution in [0.3, 0.4) is 0 Å². The molecule has 0 saturated heterocycles.